The second-order valence-electron chi connectivity index (χ2n) is 4.65. The van der Waals surface area contributed by atoms with Gasteiger partial charge in [-0.1, -0.05) is 0 Å². The molecule has 3 aromatic heterocycles. The first-order chi connectivity index (χ1) is 10.7. The molecule has 3 heterocycles. The van der Waals surface area contributed by atoms with Gasteiger partial charge in [0, 0.05) is 23.1 Å². The highest BCUT2D eigenvalue weighted by Gasteiger charge is 2.14. The molecule has 0 bridgehead atoms. The van der Waals surface area contributed by atoms with E-state index in [9.17, 15) is 0 Å². The van der Waals surface area contributed by atoms with E-state index in [1.165, 1.54) is 0 Å². The smallest absolute Gasteiger partial charge is 0.225 e. The lowest BCUT2D eigenvalue weighted by atomic mass is 10.3. The molecule has 0 N–H and O–H groups in total. The second-order valence-corrected chi connectivity index (χ2v) is 6.11. The average molecular weight is 380 g/mol. The Morgan fingerprint density at radius 3 is 3.05 bits per heavy atom. The average Bonchev–Trinajstić information content (AvgIpc) is 2.90. The Kier molecular flexibility index (Phi) is 4.66. The van der Waals surface area contributed by atoms with Crippen LogP contribution in [0.5, 0.6) is 5.75 Å². The zero-order valence-electron chi connectivity index (χ0n) is 12.1. The zero-order chi connectivity index (χ0) is 15.5. The molecule has 3 aromatic rings. The summed E-state index contributed by atoms with van der Waals surface area (Å²) in [6, 6.07) is 5.91. The molecule has 0 radical (unpaired) electrons. The number of hydrogen-bond donors (Lipinski definition) is 0. The zero-order valence-corrected chi connectivity index (χ0v) is 14.5. The molecule has 114 valence electrons. The van der Waals surface area contributed by atoms with Gasteiger partial charge >= 0.3 is 0 Å². The highest BCUT2D eigenvalue weighted by molar-refractivity contribution is 9.10. The van der Waals surface area contributed by atoms with Crippen LogP contribution in [-0.4, -0.2) is 21.0 Å². The molecule has 7 heteroatoms. The van der Waals surface area contributed by atoms with E-state index in [0.717, 1.165) is 33.7 Å². The Labute approximate surface area is 141 Å². The molecule has 0 aliphatic carbocycles. The van der Waals surface area contributed by atoms with Gasteiger partial charge in [0.2, 0.25) is 12.3 Å². The number of halogens is 1. The number of aromatic nitrogens is 3. The Morgan fingerprint density at radius 2 is 2.23 bits per heavy atom. The van der Waals surface area contributed by atoms with Crippen LogP contribution >= 0.6 is 28.3 Å². The Morgan fingerprint density at radius 1 is 1.36 bits per heavy atom. The second kappa shape index (κ2) is 6.68. The molecule has 0 amide bonds. The number of pyridine rings is 2. The molecule has 0 saturated heterocycles. The third kappa shape index (κ3) is 3.26. The van der Waals surface area contributed by atoms with E-state index in [2.05, 4.69) is 25.9 Å². The van der Waals surface area contributed by atoms with E-state index < -0.39 is 0 Å². The first kappa shape index (κ1) is 15.3. The Balaban J connectivity index is 2.01. The van der Waals surface area contributed by atoms with Crippen molar-refractivity contribution in [1.29, 1.82) is 0 Å². The molecule has 0 aliphatic rings. The summed E-state index contributed by atoms with van der Waals surface area (Å²) in [5.41, 5.74) is 3.47. The summed E-state index contributed by atoms with van der Waals surface area (Å²) in [4.78, 5) is 9.05. The highest BCUT2D eigenvalue weighted by atomic mass is 79.9. The SMILES string of the molecule is CCOSOc1cc(Br)cnc1-c1cn2ccc(C)cc2n1. The fourth-order valence-electron chi connectivity index (χ4n) is 1.98. The number of rotatable bonds is 5. The summed E-state index contributed by atoms with van der Waals surface area (Å²) in [6.45, 7) is 4.51. The highest BCUT2D eigenvalue weighted by Crippen LogP contribution is 2.32. The molecule has 0 aliphatic heterocycles. The normalized spacial score (nSPS) is 11.0. The summed E-state index contributed by atoms with van der Waals surface area (Å²) in [7, 11) is 0. The fraction of sp³-hybridized carbons (Fsp3) is 0.200. The number of hydrogen-bond acceptors (Lipinski definition) is 5. The van der Waals surface area contributed by atoms with Crippen LogP contribution in [0.25, 0.3) is 17.0 Å². The molecule has 0 saturated carbocycles. The van der Waals surface area contributed by atoms with Crippen molar-refractivity contribution in [2.75, 3.05) is 6.61 Å². The molecule has 22 heavy (non-hydrogen) atoms. The van der Waals surface area contributed by atoms with Gasteiger partial charge in [-0.2, -0.15) is 0 Å². The van der Waals surface area contributed by atoms with Crippen LogP contribution in [0.3, 0.4) is 0 Å². The van der Waals surface area contributed by atoms with Crippen molar-refractivity contribution in [3.8, 4) is 17.1 Å². The van der Waals surface area contributed by atoms with E-state index >= 15 is 0 Å². The Bertz CT molecular complexity index is 807. The van der Waals surface area contributed by atoms with Gasteiger partial charge in [-0.05, 0) is 53.5 Å². The first-order valence-electron chi connectivity index (χ1n) is 6.75. The topological polar surface area (TPSA) is 48.7 Å². The van der Waals surface area contributed by atoms with Crippen molar-refractivity contribution in [2.45, 2.75) is 13.8 Å². The lowest BCUT2D eigenvalue weighted by Gasteiger charge is -2.06. The lowest BCUT2D eigenvalue weighted by molar-refractivity contribution is 0.369. The first-order valence-corrected chi connectivity index (χ1v) is 8.20. The van der Waals surface area contributed by atoms with E-state index in [1.54, 1.807) is 6.20 Å². The molecule has 5 nitrogen and oxygen atoms in total. The Hall–Kier alpha value is -1.57. The van der Waals surface area contributed by atoms with Crippen molar-refractivity contribution >= 4 is 33.9 Å². The molecule has 3 rings (SSSR count). The monoisotopic (exact) mass is 379 g/mol. The maximum Gasteiger partial charge on any atom is 0.225 e. The van der Waals surface area contributed by atoms with Crippen LogP contribution in [0.2, 0.25) is 0 Å². The molecule has 0 unspecified atom stereocenters. The molecule has 0 fully saturated rings. The molecular formula is C15H14BrN3O2S. The van der Waals surface area contributed by atoms with Crippen LogP contribution in [0.1, 0.15) is 12.5 Å². The minimum Gasteiger partial charge on any atom is -0.398 e. The summed E-state index contributed by atoms with van der Waals surface area (Å²) < 4.78 is 13.6. The molecular weight excluding hydrogens is 366 g/mol. The standard InChI is InChI=1S/C15H14BrN3O2S/c1-3-20-22-21-13-7-11(16)8-17-15(13)12-9-19-5-4-10(2)6-14(19)18-12/h4-9H,3H2,1-2H3. The molecule has 0 aromatic carbocycles. The number of fused-ring (bicyclic) bond motifs is 1. The van der Waals surface area contributed by atoms with Crippen molar-refractivity contribution in [3.63, 3.8) is 0 Å². The van der Waals surface area contributed by atoms with Crippen molar-refractivity contribution < 1.29 is 8.37 Å². The summed E-state index contributed by atoms with van der Waals surface area (Å²) in [5.74, 6) is 0.605. The van der Waals surface area contributed by atoms with E-state index in [0.29, 0.717) is 18.1 Å². The van der Waals surface area contributed by atoms with Gasteiger partial charge in [-0.15, -0.1) is 0 Å². The summed E-state index contributed by atoms with van der Waals surface area (Å²) in [6.07, 6.45) is 5.64. The lowest BCUT2D eigenvalue weighted by Crippen LogP contribution is -1.92. The minimum absolute atomic E-state index is 0.565. The van der Waals surface area contributed by atoms with Gasteiger partial charge in [0.1, 0.15) is 17.0 Å². The number of imidazole rings is 1. The van der Waals surface area contributed by atoms with E-state index in [-0.39, 0.29) is 0 Å². The van der Waals surface area contributed by atoms with Crippen LogP contribution in [0.4, 0.5) is 0 Å². The third-order valence-electron chi connectivity index (χ3n) is 2.97. The predicted molar refractivity (Wildman–Crippen MR) is 90.7 cm³/mol. The summed E-state index contributed by atoms with van der Waals surface area (Å²) in [5, 5.41) is 0. The fourth-order valence-corrected chi connectivity index (χ4v) is 2.64. The van der Waals surface area contributed by atoms with E-state index in [4.69, 9.17) is 8.37 Å². The van der Waals surface area contributed by atoms with Crippen LogP contribution in [0.15, 0.2) is 41.3 Å². The third-order valence-corrected chi connectivity index (χ3v) is 3.98. The number of aryl methyl sites for hydroxylation is 1. The van der Waals surface area contributed by atoms with Gasteiger partial charge in [-0.25, -0.2) is 9.97 Å². The van der Waals surface area contributed by atoms with Crippen molar-refractivity contribution in [1.82, 2.24) is 14.4 Å². The maximum absolute atomic E-state index is 5.59. The van der Waals surface area contributed by atoms with Gasteiger partial charge in [-0.3, -0.25) is 4.18 Å². The van der Waals surface area contributed by atoms with Crippen LogP contribution in [0, 0.1) is 6.92 Å². The van der Waals surface area contributed by atoms with Gasteiger partial charge in [0.15, 0.2) is 5.75 Å². The van der Waals surface area contributed by atoms with Gasteiger partial charge < -0.3 is 8.58 Å². The van der Waals surface area contributed by atoms with Crippen molar-refractivity contribution in [3.05, 3.63) is 46.8 Å². The maximum atomic E-state index is 5.59. The van der Waals surface area contributed by atoms with Crippen molar-refractivity contribution in [2.24, 2.45) is 0 Å². The largest absolute Gasteiger partial charge is 0.398 e. The number of nitrogens with zero attached hydrogens (tertiary/aromatic N) is 3. The van der Waals surface area contributed by atoms with Gasteiger partial charge in [0.05, 0.1) is 6.61 Å². The van der Waals surface area contributed by atoms with Crippen LogP contribution < -0.4 is 4.18 Å². The molecule has 0 spiro atoms. The quantitative estimate of drug-likeness (QED) is 0.484. The van der Waals surface area contributed by atoms with Gasteiger partial charge in [0.25, 0.3) is 0 Å². The minimum atomic E-state index is 0.565. The molecule has 0 atom stereocenters. The van der Waals surface area contributed by atoms with Crippen LogP contribution in [-0.2, 0) is 4.18 Å². The van der Waals surface area contributed by atoms with E-state index in [1.807, 2.05) is 48.8 Å². The summed E-state index contributed by atoms with van der Waals surface area (Å²) >= 11 is 4.34. The predicted octanol–water partition coefficient (Wildman–Crippen LogP) is 4.45.